The van der Waals surface area contributed by atoms with Gasteiger partial charge in [-0.15, -0.1) is 0 Å². The van der Waals surface area contributed by atoms with Crippen LogP contribution in [-0.4, -0.2) is 16.8 Å². The molecule has 1 saturated heterocycles. The lowest BCUT2D eigenvalue weighted by atomic mass is 10.0. The van der Waals surface area contributed by atoms with Gasteiger partial charge >= 0.3 is 0 Å². The Bertz CT molecular complexity index is 1020. The highest BCUT2D eigenvalue weighted by Gasteiger charge is 2.22. The van der Waals surface area contributed by atoms with Crippen molar-refractivity contribution in [3.8, 4) is 0 Å². The molecule has 0 aliphatic carbocycles. The summed E-state index contributed by atoms with van der Waals surface area (Å²) in [5, 5.41) is 7.01. The Hall–Kier alpha value is -3.28. The quantitative estimate of drug-likeness (QED) is 0.759. The fraction of sp³-hybridized carbons (Fsp3) is 0.150. The molecule has 130 valence electrons. The standard InChI is InChI=1S/C20H16FN3O2/c21-17-10-14-11-22-7-6-12(14)9-16(17)20(26)23-15-3-1-2-13(8-15)18-4-5-19(25)24-18/h1-3,6-11,18H,4-5H2,(H,23,26)(H,24,25). The predicted octanol–water partition coefficient (Wildman–Crippen LogP) is 3.58. The predicted molar refractivity (Wildman–Crippen MR) is 96.2 cm³/mol. The maximum Gasteiger partial charge on any atom is 0.258 e. The number of halogens is 1. The summed E-state index contributed by atoms with van der Waals surface area (Å²) in [4.78, 5) is 27.9. The van der Waals surface area contributed by atoms with E-state index in [1.54, 1.807) is 36.7 Å². The summed E-state index contributed by atoms with van der Waals surface area (Å²) in [5.74, 6) is -1.09. The van der Waals surface area contributed by atoms with E-state index in [-0.39, 0.29) is 17.5 Å². The Kier molecular flexibility index (Phi) is 4.08. The van der Waals surface area contributed by atoms with Gasteiger partial charge in [0.1, 0.15) is 5.82 Å². The maximum atomic E-state index is 14.3. The van der Waals surface area contributed by atoms with Gasteiger partial charge in [0.2, 0.25) is 5.91 Å². The number of carbonyl (C=O) groups excluding carboxylic acids is 2. The van der Waals surface area contributed by atoms with Crippen LogP contribution in [0, 0.1) is 5.82 Å². The molecule has 2 amide bonds. The van der Waals surface area contributed by atoms with E-state index in [0.29, 0.717) is 17.5 Å². The van der Waals surface area contributed by atoms with E-state index in [0.717, 1.165) is 17.4 Å². The van der Waals surface area contributed by atoms with Crippen molar-refractivity contribution in [3.63, 3.8) is 0 Å². The number of pyridine rings is 1. The van der Waals surface area contributed by atoms with Crippen molar-refractivity contribution in [1.29, 1.82) is 0 Å². The van der Waals surface area contributed by atoms with Crippen LogP contribution < -0.4 is 10.6 Å². The number of aromatic nitrogens is 1. The van der Waals surface area contributed by atoms with E-state index in [2.05, 4.69) is 15.6 Å². The summed E-state index contributed by atoms with van der Waals surface area (Å²) in [7, 11) is 0. The van der Waals surface area contributed by atoms with Crippen molar-refractivity contribution in [3.05, 3.63) is 71.8 Å². The number of rotatable bonds is 3. The molecule has 0 spiro atoms. The van der Waals surface area contributed by atoms with Crippen molar-refractivity contribution in [2.24, 2.45) is 0 Å². The lowest BCUT2D eigenvalue weighted by molar-refractivity contribution is -0.119. The van der Waals surface area contributed by atoms with Crippen LogP contribution in [0.3, 0.4) is 0 Å². The highest BCUT2D eigenvalue weighted by Crippen LogP contribution is 2.26. The molecular weight excluding hydrogens is 333 g/mol. The normalized spacial score (nSPS) is 16.5. The molecule has 1 aromatic heterocycles. The summed E-state index contributed by atoms with van der Waals surface area (Å²) < 4.78 is 14.3. The number of hydrogen-bond donors (Lipinski definition) is 2. The van der Waals surface area contributed by atoms with Crippen LogP contribution in [0.4, 0.5) is 10.1 Å². The highest BCUT2D eigenvalue weighted by atomic mass is 19.1. The average Bonchev–Trinajstić information content (AvgIpc) is 3.08. The monoisotopic (exact) mass is 349 g/mol. The lowest BCUT2D eigenvalue weighted by Gasteiger charge is -2.13. The molecule has 2 aromatic carbocycles. The van der Waals surface area contributed by atoms with Gasteiger partial charge in [-0.1, -0.05) is 12.1 Å². The molecule has 1 unspecified atom stereocenters. The third kappa shape index (κ3) is 3.13. The summed E-state index contributed by atoms with van der Waals surface area (Å²) in [6, 6.07) is 11.7. The summed E-state index contributed by atoms with van der Waals surface area (Å²) in [6.07, 6.45) is 4.38. The number of fused-ring (bicyclic) bond motifs is 1. The first-order valence-corrected chi connectivity index (χ1v) is 8.34. The zero-order chi connectivity index (χ0) is 18.1. The first-order valence-electron chi connectivity index (χ1n) is 8.34. The first-order chi connectivity index (χ1) is 12.6. The highest BCUT2D eigenvalue weighted by molar-refractivity contribution is 6.06. The van der Waals surface area contributed by atoms with Gasteiger partial charge < -0.3 is 10.6 Å². The number of nitrogens with one attached hydrogen (secondary N) is 2. The zero-order valence-corrected chi connectivity index (χ0v) is 13.8. The molecule has 0 radical (unpaired) electrons. The van der Waals surface area contributed by atoms with Crippen molar-refractivity contribution in [1.82, 2.24) is 10.3 Å². The van der Waals surface area contributed by atoms with E-state index in [1.165, 1.54) is 12.1 Å². The second-order valence-corrected chi connectivity index (χ2v) is 6.29. The van der Waals surface area contributed by atoms with Crippen LogP contribution in [0.25, 0.3) is 10.8 Å². The number of anilines is 1. The molecule has 1 atom stereocenters. The molecule has 1 aliphatic heterocycles. The molecule has 4 rings (SSSR count). The van der Waals surface area contributed by atoms with E-state index < -0.39 is 11.7 Å². The maximum absolute atomic E-state index is 14.3. The fourth-order valence-corrected chi connectivity index (χ4v) is 3.18. The molecule has 1 fully saturated rings. The van der Waals surface area contributed by atoms with E-state index in [1.807, 2.05) is 6.07 Å². The minimum absolute atomic E-state index is 0.0247. The van der Waals surface area contributed by atoms with Gasteiger partial charge in [0.15, 0.2) is 0 Å². The van der Waals surface area contributed by atoms with Crippen molar-refractivity contribution in [2.75, 3.05) is 5.32 Å². The largest absolute Gasteiger partial charge is 0.349 e. The average molecular weight is 349 g/mol. The van der Waals surface area contributed by atoms with Crippen LogP contribution in [-0.2, 0) is 4.79 Å². The first kappa shape index (κ1) is 16.2. The second-order valence-electron chi connectivity index (χ2n) is 6.29. The molecule has 0 saturated carbocycles. The van der Waals surface area contributed by atoms with Crippen LogP contribution >= 0.6 is 0 Å². The molecule has 2 heterocycles. The molecule has 1 aliphatic rings. The smallest absolute Gasteiger partial charge is 0.258 e. The van der Waals surface area contributed by atoms with Crippen LogP contribution in [0.2, 0.25) is 0 Å². The molecular formula is C20H16FN3O2. The summed E-state index contributed by atoms with van der Waals surface area (Å²) in [6.45, 7) is 0. The van der Waals surface area contributed by atoms with E-state index in [9.17, 15) is 14.0 Å². The number of hydrogen-bond acceptors (Lipinski definition) is 3. The van der Waals surface area contributed by atoms with Crippen LogP contribution in [0.5, 0.6) is 0 Å². The molecule has 5 nitrogen and oxygen atoms in total. The zero-order valence-electron chi connectivity index (χ0n) is 13.8. The SMILES string of the molecule is O=C1CCC(c2cccc(NC(=O)c3cc4ccncc4cc3F)c2)N1. The number of benzene rings is 2. The van der Waals surface area contributed by atoms with Crippen LogP contribution in [0.1, 0.15) is 34.8 Å². The summed E-state index contributed by atoms with van der Waals surface area (Å²) >= 11 is 0. The van der Waals surface area contributed by atoms with Crippen molar-refractivity contribution in [2.45, 2.75) is 18.9 Å². The van der Waals surface area contributed by atoms with Gasteiger partial charge in [0, 0.05) is 29.9 Å². The van der Waals surface area contributed by atoms with Gasteiger partial charge in [0.25, 0.3) is 5.91 Å². The number of carbonyl (C=O) groups is 2. The summed E-state index contributed by atoms with van der Waals surface area (Å²) in [5.41, 5.74) is 1.45. The van der Waals surface area contributed by atoms with Gasteiger partial charge in [-0.25, -0.2) is 4.39 Å². The van der Waals surface area contributed by atoms with Crippen molar-refractivity contribution < 1.29 is 14.0 Å². The molecule has 6 heteroatoms. The Morgan fingerprint density at radius 1 is 1.19 bits per heavy atom. The van der Waals surface area contributed by atoms with Gasteiger partial charge in [-0.05, 0) is 47.7 Å². The lowest BCUT2D eigenvalue weighted by Crippen LogP contribution is -2.19. The van der Waals surface area contributed by atoms with Crippen molar-refractivity contribution >= 4 is 28.3 Å². The Morgan fingerprint density at radius 3 is 2.88 bits per heavy atom. The van der Waals surface area contributed by atoms with E-state index >= 15 is 0 Å². The molecule has 2 N–H and O–H groups in total. The van der Waals surface area contributed by atoms with Gasteiger partial charge in [-0.2, -0.15) is 0 Å². The van der Waals surface area contributed by atoms with Crippen LogP contribution in [0.15, 0.2) is 54.9 Å². The Labute approximate surface area is 149 Å². The Morgan fingerprint density at radius 2 is 2.08 bits per heavy atom. The minimum Gasteiger partial charge on any atom is -0.349 e. The Balaban J connectivity index is 1.58. The third-order valence-electron chi connectivity index (χ3n) is 4.51. The minimum atomic E-state index is -0.595. The fourth-order valence-electron chi connectivity index (χ4n) is 3.18. The third-order valence-corrected chi connectivity index (χ3v) is 4.51. The number of nitrogens with zero attached hydrogens (tertiary/aromatic N) is 1. The molecule has 26 heavy (non-hydrogen) atoms. The second kappa shape index (κ2) is 6.55. The topological polar surface area (TPSA) is 71.1 Å². The van der Waals surface area contributed by atoms with E-state index in [4.69, 9.17) is 0 Å². The van der Waals surface area contributed by atoms with Gasteiger partial charge in [0.05, 0.1) is 11.6 Å². The number of amides is 2. The molecule has 0 bridgehead atoms. The van der Waals surface area contributed by atoms with Gasteiger partial charge in [-0.3, -0.25) is 14.6 Å². The molecule has 3 aromatic rings.